The first-order valence-corrected chi connectivity index (χ1v) is 3.49. The summed E-state index contributed by atoms with van der Waals surface area (Å²) in [7, 11) is 0. The van der Waals surface area contributed by atoms with Crippen molar-refractivity contribution in [3.05, 3.63) is 35.0 Å². The van der Waals surface area contributed by atoms with E-state index in [1.807, 2.05) is 0 Å². The molecule has 0 aromatic heterocycles. The predicted octanol–water partition coefficient (Wildman–Crippen LogP) is 1.89. The van der Waals surface area contributed by atoms with Crippen LogP contribution in [0.5, 0.6) is 0 Å². The van der Waals surface area contributed by atoms with Crippen LogP contribution in [0.25, 0.3) is 0 Å². The van der Waals surface area contributed by atoms with Crippen molar-refractivity contribution in [2.75, 3.05) is 6.61 Å². The van der Waals surface area contributed by atoms with E-state index in [-0.39, 0.29) is 12.4 Å². The first-order chi connectivity index (χ1) is 4.72. The molecule has 0 bridgehead atoms. The topological polar surface area (TPSA) is 40.5 Å². The number of halogens is 1. The Hall–Kier alpha value is -0.540. The minimum absolute atomic E-state index is 0.0851. The van der Waals surface area contributed by atoms with Crippen molar-refractivity contribution in [2.24, 2.45) is 0 Å². The second kappa shape index (κ2) is 5.26. The molecule has 3 heteroatoms. The first-order valence-electron chi connectivity index (χ1n) is 2.70. The molecule has 0 radical (unpaired) electrons. The van der Waals surface area contributed by atoms with E-state index in [1.54, 1.807) is 18.2 Å². The summed E-state index contributed by atoms with van der Waals surface area (Å²) >= 11 is 3.04. The molecule has 0 atom stereocenters. The lowest BCUT2D eigenvalue weighted by Gasteiger charge is -1.93. The van der Waals surface area contributed by atoms with Crippen LogP contribution in [0.3, 0.4) is 0 Å². The molecule has 0 saturated carbocycles. The van der Waals surface area contributed by atoms with Crippen molar-refractivity contribution in [3.63, 3.8) is 0 Å². The molecule has 2 nitrogen and oxygen atoms in total. The molecule has 0 fully saturated rings. The smallest absolute Gasteiger partial charge is 0.132 e. The quantitative estimate of drug-likeness (QED) is 0.545. The summed E-state index contributed by atoms with van der Waals surface area (Å²) in [4.78, 5) is 0. The van der Waals surface area contributed by atoms with Gasteiger partial charge < -0.3 is 10.2 Å². The Kier molecular flexibility index (Phi) is 4.98. The Morgan fingerprint density at radius 1 is 1.60 bits per heavy atom. The standard InChI is InChI=1S/C7H9BrO2/c1-2-3-4-6(8)7(10)5-9/h2-4,9-10H,1,5H2/b4-3-,7-6-. The van der Waals surface area contributed by atoms with E-state index >= 15 is 0 Å². The van der Waals surface area contributed by atoms with Gasteiger partial charge in [0.05, 0.1) is 4.48 Å². The fourth-order valence-corrected chi connectivity index (χ4v) is 0.602. The molecule has 0 aliphatic rings. The Labute approximate surface area is 68.3 Å². The highest BCUT2D eigenvalue weighted by molar-refractivity contribution is 9.11. The summed E-state index contributed by atoms with van der Waals surface area (Å²) in [6, 6.07) is 0. The van der Waals surface area contributed by atoms with Crippen LogP contribution in [0.1, 0.15) is 0 Å². The van der Waals surface area contributed by atoms with Gasteiger partial charge in [-0.1, -0.05) is 18.7 Å². The van der Waals surface area contributed by atoms with E-state index < -0.39 is 0 Å². The largest absolute Gasteiger partial charge is 0.509 e. The molecule has 0 spiro atoms. The SMILES string of the molecule is C=C/C=C\C(Br)=C(\O)CO. The Morgan fingerprint density at radius 2 is 2.20 bits per heavy atom. The number of hydrogen-bond donors (Lipinski definition) is 2. The monoisotopic (exact) mass is 204 g/mol. The zero-order valence-corrected chi connectivity index (χ0v) is 7.00. The van der Waals surface area contributed by atoms with Crippen LogP contribution in [-0.4, -0.2) is 16.8 Å². The number of allylic oxidation sites excluding steroid dienone is 4. The van der Waals surface area contributed by atoms with Gasteiger partial charge in [0.15, 0.2) is 0 Å². The Bertz CT molecular complexity index is 170. The van der Waals surface area contributed by atoms with Crippen LogP contribution in [0.15, 0.2) is 35.0 Å². The third kappa shape index (κ3) is 3.48. The van der Waals surface area contributed by atoms with Gasteiger partial charge in [-0.15, -0.1) is 0 Å². The van der Waals surface area contributed by atoms with Crippen LogP contribution in [0.4, 0.5) is 0 Å². The average molecular weight is 205 g/mol. The zero-order valence-electron chi connectivity index (χ0n) is 5.42. The zero-order chi connectivity index (χ0) is 7.98. The summed E-state index contributed by atoms with van der Waals surface area (Å²) in [5, 5.41) is 17.3. The van der Waals surface area contributed by atoms with E-state index in [4.69, 9.17) is 10.2 Å². The summed E-state index contributed by atoms with van der Waals surface area (Å²) in [6.07, 6.45) is 4.82. The lowest BCUT2D eigenvalue weighted by molar-refractivity contribution is 0.253. The molecule has 0 saturated heterocycles. The molecule has 2 N–H and O–H groups in total. The second-order valence-electron chi connectivity index (χ2n) is 1.55. The van der Waals surface area contributed by atoms with Gasteiger partial charge in [-0.3, -0.25) is 0 Å². The van der Waals surface area contributed by atoms with Crippen molar-refractivity contribution >= 4 is 15.9 Å². The summed E-state index contributed by atoms with van der Waals surface area (Å²) < 4.78 is 0.468. The molecular weight excluding hydrogens is 196 g/mol. The summed E-state index contributed by atoms with van der Waals surface area (Å²) in [5.41, 5.74) is 0. The van der Waals surface area contributed by atoms with E-state index in [1.165, 1.54) is 0 Å². The number of hydrogen-bond acceptors (Lipinski definition) is 2. The molecular formula is C7H9BrO2. The molecule has 0 aliphatic carbocycles. The lowest BCUT2D eigenvalue weighted by atomic mass is 10.4. The van der Waals surface area contributed by atoms with Gasteiger partial charge >= 0.3 is 0 Å². The fraction of sp³-hybridized carbons (Fsp3) is 0.143. The summed E-state index contributed by atoms with van der Waals surface area (Å²) in [6.45, 7) is 3.08. The van der Waals surface area contributed by atoms with Gasteiger partial charge in [-0.2, -0.15) is 0 Å². The molecule has 0 aliphatic heterocycles. The number of aliphatic hydroxyl groups is 2. The minimum Gasteiger partial charge on any atom is -0.509 e. The molecule has 0 heterocycles. The van der Waals surface area contributed by atoms with E-state index in [0.29, 0.717) is 4.48 Å². The first kappa shape index (κ1) is 9.46. The van der Waals surface area contributed by atoms with Crippen LogP contribution in [0, 0.1) is 0 Å². The van der Waals surface area contributed by atoms with Gasteiger partial charge in [0, 0.05) is 0 Å². The second-order valence-corrected chi connectivity index (χ2v) is 2.40. The van der Waals surface area contributed by atoms with Crippen LogP contribution >= 0.6 is 15.9 Å². The Balaban J connectivity index is 4.17. The van der Waals surface area contributed by atoms with Crippen LogP contribution in [-0.2, 0) is 0 Å². The fourth-order valence-electron chi connectivity index (χ4n) is 0.324. The minimum atomic E-state index is -0.359. The number of aliphatic hydroxyl groups excluding tert-OH is 2. The maximum atomic E-state index is 8.85. The Morgan fingerprint density at radius 3 is 2.60 bits per heavy atom. The molecule has 0 aromatic rings. The third-order valence-corrected chi connectivity index (χ3v) is 1.53. The van der Waals surface area contributed by atoms with E-state index in [0.717, 1.165) is 0 Å². The van der Waals surface area contributed by atoms with E-state index in [2.05, 4.69) is 22.5 Å². The molecule has 0 rings (SSSR count). The lowest BCUT2D eigenvalue weighted by Crippen LogP contribution is -1.88. The molecule has 0 amide bonds. The maximum absolute atomic E-state index is 8.85. The summed E-state index contributed by atoms with van der Waals surface area (Å²) in [5.74, 6) is -0.0851. The van der Waals surface area contributed by atoms with E-state index in [9.17, 15) is 0 Å². The molecule has 10 heavy (non-hydrogen) atoms. The predicted molar refractivity (Wildman–Crippen MR) is 45.0 cm³/mol. The molecule has 0 aromatic carbocycles. The van der Waals surface area contributed by atoms with Crippen molar-refractivity contribution in [1.29, 1.82) is 0 Å². The van der Waals surface area contributed by atoms with Crippen LogP contribution in [0.2, 0.25) is 0 Å². The van der Waals surface area contributed by atoms with Crippen LogP contribution < -0.4 is 0 Å². The van der Waals surface area contributed by atoms with Gasteiger partial charge in [0.25, 0.3) is 0 Å². The normalized spacial score (nSPS) is 13.4. The van der Waals surface area contributed by atoms with Crippen molar-refractivity contribution in [2.45, 2.75) is 0 Å². The van der Waals surface area contributed by atoms with Crippen molar-refractivity contribution in [3.8, 4) is 0 Å². The number of rotatable bonds is 3. The van der Waals surface area contributed by atoms with Gasteiger partial charge in [0.1, 0.15) is 12.4 Å². The maximum Gasteiger partial charge on any atom is 0.132 e. The molecule has 56 valence electrons. The highest BCUT2D eigenvalue weighted by atomic mass is 79.9. The third-order valence-electron chi connectivity index (χ3n) is 0.804. The highest BCUT2D eigenvalue weighted by Crippen LogP contribution is 2.10. The van der Waals surface area contributed by atoms with Crippen molar-refractivity contribution in [1.82, 2.24) is 0 Å². The van der Waals surface area contributed by atoms with Gasteiger partial charge in [0.2, 0.25) is 0 Å². The molecule has 0 unspecified atom stereocenters. The van der Waals surface area contributed by atoms with Gasteiger partial charge in [-0.05, 0) is 22.0 Å². The van der Waals surface area contributed by atoms with Gasteiger partial charge in [-0.25, -0.2) is 0 Å². The average Bonchev–Trinajstić information content (AvgIpc) is 1.98. The highest BCUT2D eigenvalue weighted by Gasteiger charge is 1.93. The van der Waals surface area contributed by atoms with Crippen molar-refractivity contribution < 1.29 is 10.2 Å².